The molecular weight excluding hydrogens is 402 g/mol. The van der Waals surface area contributed by atoms with Gasteiger partial charge in [0.2, 0.25) is 0 Å². The molecular formula is C27H39NO4. The van der Waals surface area contributed by atoms with Gasteiger partial charge in [-0.3, -0.25) is 0 Å². The lowest BCUT2D eigenvalue weighted by atomic mass is 9.81. The quantitative estimate of drug-likeness (QED) is 0.437. The molecule has 2 rings (SSSR count). The molecule has 0 aliphatic heterocycles. The van der Waals surface area contributed by atoms with Gasteiger partial charge in [0.1, 0.15) is 12.7 Å². The van der Waals surface area contributed by atoms with E-state index in [9.17, 15) is 15.0 Å². The second kappa shape index (κ2) is 12.0. The second-order valence-electron chi connectivity index (χ2n) is 9.37. The zero-order chi connectivity index (χ0) is 23.8. The van der Waals surface area contributed by atoms with Crippen molar-refractivity contribution in [2.45, 2.75) is 84.5 Å². The summed E-state index contributed by atoms with van der Waals surface area (Å²) in [5, 5.41) is 24.5. The van der Waals surface area contributed by atoms with Gasteiger partial charge in [0.15, 0.2) is 0 Å². The van der Waals surface area contributed by atoms with E-state index in [2.05, 4.69) is 59.0 Å². The van der Waals surface area contributed by atoms with Gasteiger partial charge >= 0.3 is 6.09 Å². The minimum atomic E-state index is -1.02. The van der Waals surface area contributed by atoms with E-state index < -0.39 is 18.3 Å². The summed E-state index contributed by atoms with van der Waals surface area (Å²) in [6, 6.07) is 13.8. The highest BCUT2D eigenvalue weighted by Gasteiger charge is 2.27. The molecule has 0 heterocycles. The Labute approximate surface area is 192 Å². The van der Waals surface area contributed by atoms with Crippen LogP contribution in [0.25, 0.3) is 0 Å². The van der Waals surface area contributed by atoms with Crippen molar-refractivity contribution in [2.75, 3.05) is 6.54 Å². The van der Waals surface area contributed by atoms with E-state index in [4.69, 9.17) is 4.74 Å². The number of aliphatic hydroxyl groups is 2. The summed E-state index contributed by atoms with van der Waals surface area (Å²) in [4.78, 5) is 11.9. The van der Waals surface area contributed by atoms with E-state index in [1.54, 1.807) is 0 Å². The molecule has 2 aromatic carbocycles. The molecule has 2 atom stereocenters. The summed E-state index contributed by atoms with van der Waals surface area (Å²) in [6.45, 7) is 13.2. The van der Waals surface area contributed by atoms with E-state index in [0.29, 0.717) is 5.92 Å². The third-order valence-corrected chi connectivity index (χ3v) is 5.76. The molecule has 0 saturated heterocycles. The summed E-state index contributed by atoms with van der Waals surface area (Å²) in [6.07, 6.45) is -2.33. The number of ether oxygens (including phenoxy) is 1. The number of hydrogen-bond acceptors (Lipinski definition) is 4. The minimum absolute atomic E-state index is 0.190. The molecule has 2 aromatic rings. The van der Waals surface area contributed by atoms with E-state index in [0.717, 1.165) is 22.3 Å². The van der Waals surface area contributed by atoms with E-state index in [1.807, 2.05) is 30.3 Å². The molecule has 3 N–H and O–H groups in total. The van der Waals surface area contributed by atoms with Gasteiger partial charge in [-0.2, -0.15) is 0 Å². The number of carbonyl (C=O) groups excluding carboxylic acids is 1. The maximum absolute atomic E-state index is 11.9. The first-order chi connectivity index (χ1) is 15.1. The van der Waals surface area contributed by atoms with Gasteiger partial charge in [0.25, 0.3) is 0 Å². The molecule has 5 heteroatoms. The lowest BCUT2D eigenvalue weighted by Gasteiger charge is -2.28. The number of alkyl carbamates (subject to hydrolysis) is 1. The van der Waals surface area contributed by atoms with Crippen LogP contribution >= 0.6 is 0 Å². The highest BCUT2D eigenvalue weighted by Crippen LogP contribution is 2.37. The van der Waals surface area contributed by atoms with Crippen molar-refractivity contribution < 1.29 is 19.7 Å². The van der Waals surface area contributed by atoms with Gasteiger partial charge in [-0.25, -0.2) is 4.79 Å². The molecule has 0 saturated carbocycles. The van der Waals surface area contributed by atoms with Crippen LogP contribution in [-0.2, 0) is 11.3 Å². The Morgan fingerprint density at radius 1 is 0.906 bits per heavy atom. The van der Waals surface area contributed by atoms with Gasteiger partial charge in [-0.1, -0.05) is 84.0 Å². The number of nitrogens with one attached hydrogen (secondary N) is 1. The van der Waals surface area contributed by atoms with Crippen LogP contribution in [0.3, 0.4) is 0 Å². The standard InChI is InChI=1S/C27H39NO4/c1-17(2)21-14-22(18(3)4)25(23(15-21)19(5)6)26(30)24(29)12-13-28-27(31)32-16-20-10-8-7-9-11-20/h7-11,14-15,17-19,24,26,29-30H,12-13,16H2,1-6H3,(H,28,31). The number of hydrogen-bond donors (Lipinski definition) is 3. The largest absolute Gasteiger partial charge is 0.445 e. The van der Waals surface area contributed by atoms with Crippen LogP contribution in [0.1, 0.15) is 99.6 Å². The summed E-state index contributed by atoms with van der Waals surface area (Å²) in [7, 11) is 0. The zero-order valence-corrected chi connectivity index (χ0v) is 20.3. The molecule has 0 radical (unpaired) electrons. The molecule has 1 amide bonds. The molecule has 0 bridgehead atoms. The predicted octanol–water partition coefficient (Wildman–Crippen LogP) is 5.77. The third kappa shape index (κ3) is 7.07. The SMILES string of the molecule is CC(C)c1cc(C(C)C)c(C(O)C(O)CCNC(=O)OCc2ccccc2)c(C(C)C)c1. The molecule has 176 valence electrons. The lowest BCUT2D eigenvalue weighted by molar-refractivity contribution is 0.0124. The average molecular weight is 442 g/mol. The Balaban J connectivity index is 2.04. The van der Waals surface area contributed by atoms with Crippen LogP contribution in [-0.4, -0.2) is 29.0 Å². The number of amides is 1. The molecule has 5 nitrogen and oxygen atoms in total. The first-order valence-corrected chi connectivity index (χ1v) is 11.6. The van der Waals surface area contributed by atoms with Crippen molar-refractivity contribution in [3.05, 3.63) is 70.3 Å². The first kappa shape index (κ1) is 25.9. The van der Waals surface area contributed by atoms with Crippen LogP contribution in [0, 0.1) is 0 Å². The minimum Gasteiger partial charge on any atom is -0.445 e. The molecule has 2 unspecified atom stereocenters. The second-order valence-corrected chi connectivity index (χ2v) is 9.37. The first-order valence-electron chi connectivity index (χ1n) is 11.6. The van der Waals surface area contributed by atoms with Crippen LogP contribution in [0.4, 0.5) is 4.79 Å². The van der Waals surface area contributed by atoms with Crippen molar-refractivity contribution in [1.29, 1.82) is 0 Å². The van der Waals surface area contributed by atoms with Crippen LogP contribution < -0.4 is 5.32 Å². The Bertz CT molecular complexity index is 832. The number of benzene rings is 2. The number of rotatable bonds is 10. The summed E-state index contributed by atoms with van der Waals surface area (Å²) < 4.78 is 5.20. The topological polar surface area (TPSA) is 78.8 Å². The fourth-order valence-corrected chi connectivity index (χ4v) is 3.80. The van der Waals surface area contributed by atoms with Gasteiger partial charge in [0, 0.05) is 6.54 Å². The van der Waals surface area contributed by atoms with Crippen LogP contribution in [0.15, 0.2) is 42.5 Å². The fraction of sp³-hybridized carbons (Fsp3) is 0.519. The Morgan fingerprint density at radius 3 is 1.97 bits per heavy atom. The highest BCUT2D eigenvalue weighted by molar-refractivity contribution is 5.67. The van der Waals surface area contributed by atoms with Gasteiger partial charge in [-0.05, 0) is 52.0 Å². The summed E-state index contributed by atoms with van der Waals surface area (Å²) in [5.41, 5.74) is 5.11. The van der Waals surface area contributed by atoms with E-state index in [-0.39, 0.29) is 31.4 Å². The normalized spacial score (nSPS) is 13.5. The van der Waals surface area contributed by atoms with Crippen molar-refractivity contribution in [2.24, 2.45) is 0 Å². The Morgan fingerprint density at radius 2 is 1.47 bits per heavy atom. The zero-order valence-electron chi connectivity index (χ0n) is 20.3. The molecule has 0 aromatic heterocycles. The van der Waals surface area contributed by atoms with Crippen LogP contribution in [0.2, 0.25) is 0 Å². The summed E-state index contributed by atoms with van der Waals surface area (Å²) in [5.74, 6) is 0.815. The molecule has 32 heavy (non-hydrogen) atoms. The van der Waals surface area contributed by atoms with Gasteiger partial charge in [0.05, 0.1) is 6.10 Å². The van der Waals surface area contributed by atoms with Gasteiger partial charge in [-0.15, -0.1) is 0 Å². The van der Waals surface area contributed by atoms with E-state index in [1.165, 1.54) is 5.56 Å². The third-order valence-electron chi connectivity index (χ3n) is 5.76. The van der Waals surface area contributed by atoms with E-state index >= 15 is 0 Å². The maximum Gasteiger partial charge on any atom is 0.407 e. The molecule has 0 aliphatic rings. The maximum atomic E-state index is 11.9. The van der Waals surface area contributed by atoms with Gasteiger partial charge < -0.3 is 20.3 Å². The van der Waals surface area contributed by atoms with Crippen LogP contribution in [0.5, 0.6) is 0 Å². The monoisotopic (exact) mass is 441 g/mol. The highest BCUT2D eigenvalue weighted by atomic mass is 16.5. The van der Waals surface area contributed by atoms with Crippen molar-refractivity contribution >= 4 is 6.09 Å². The van der Waals surface area contributed by atoms with Crippen molar-refractivity contribution in [1.82, 2.24) is 5.32 Å². The summed E-state index contributed by atoms with van der Waals surface area (Å²) >= 11 is 0. The number of aliphatic hydroxyl groups excluding tert-OH is 2. The number of carbonyl (C=O) groups is 1. The smallest absolute Gasteiger partial charge is 0.407 e. The molecule has 0 spiro atoms. The molecule has 0 fully saturated rings. The Hall–Kier alpha value is -2.37. The van der Waals surface area contributed by atoms with Crippen molar-refractivity contribution in [3.8, 4) is 0 Å². The Kier molecular flexibility index (Phi) is 9.73. The fourth-order valence-electron chi connectivity index (χ4n) is 3.80. The lowest BCUT2D eigenvalue weighted by Crippen LogP contribution is -2.30. The predicted molar refractivity (Wildman–Crippen MR) is 129 cm³/mol. The van der Waals surface area contributed by atoms with Crippen molar-refractivity contribution in [3.63, 3.8) is 0 Å². The average Bonchev–Trinajstić information content (AvgIpc) is 2.76. The molecule has 0 aliphatic carbocycles.